The van der Waals surface area contributed by atoms with Crippen molar-refractivity contribution in [3.63, 3.8) is 0 Å². The van der Waals surface area contributed by atoms with Gasteiger partial charge in [0, 0.05) is 0 Å². The molecular formula is C14H21N. The quantitative estimate of drug-likeness (QED) is 0.742. The minimum Gasteiger partial charge on any atom is -0.316 e. The lowest BCUT2D eigenvalue weighted by molar-refractivity contribution is 0.425. The summed E-state index contributed by atoms with van der Waals surface area (Å²) in [7, 11) is 0. The Balaban J connectivity index is 1.88. The first-order chi connectivity index (χ1) is 7.40. The second-order valence-electron chi connectivity index (χ2n) is 4.58. The number of fused-ring (bicyclic) bond motifs is 1. The fourth-order valence-corrected chi connectivity index (χ4v) is 2.43. The molecule has 1 N–H and O–H groups in total. The van der Waals surface area contributed by atoms with E-state index >= 15 is 0 Å². The molecular weight excluding hydrogens is 182 g/mol. The van der Waals surface area contributed by atoms with Gasteiger partial charge in [-0.3, -0.25) is 0 Å². The van der Waals surface area contributed by atoms with Gasteiger partial charge in [0.2, 0.25) is 0 Å². The van der Waals surface area contributed by atoms with Crippen molar-refractivity contribution in [1.82, 2.24) is 5.32 Å². The van der Waals surface area contributed by atoms with Crippen molar-refractivity contribution in [3.8, 4) is 0 Å². The topological polar surface area (TPSA) is 12.0 Å². The second-order valence-corrected chi connectivity index (χ2v) is 4.58. The molecule has 1 nitrogen and oxygen atoms in total. The van der Waals surface area contributed by atoms with Crippen LogP contribution in [0.5, 0.6) is 0 Å². The second kappa shape index (κ2) is 5.32. The fraction of sp³-hybridized carbons (Fsp3) is 0.571. The maximum atomic E-state index is 3.54. The Morgan fingerprint density at radius 2 is 2.07 bits per heavy atom. The van der Waals surface area contributed by atoms with Gasteiger partial charge in [0.05, 0.1) is 0 Å². The lowest BCUT2D eigenvalue weighted by Gasteiger charge is -2.24. The van der Waals surface area contributed by atoms with Gasteiger partial charge < -0.3 is 5.32 Å². The molecule has 0 amide bonds. The van der Waals surface area contributed by atoms with Crippen LogP contribution in [0.4, 0.5) is 0 Å². The zero-order valence-electron chi connectivity index (χ0n) is 9.63. The van der Waals surface area contributed by atoms with Gasteiger partial charge in [0.1, 0.15) is 0 Å². The summed E-state index contributed by atoms with van der Waals surface area (Å²) in [6.45, 7) is 4.59. The van der Waals surface area contributed by atoms with Crippen LogP contribution in [0.1, 0.15) is 30.9 Å². The van der Waals surface area contributed by atoms with E-state index in [9.17, 15) is 0 Å². The van der Waals surface area contributed by atoms with Crippen LogP contribution >= 0.6 is 0 Å². The minimum atomic E-state index is 0.853. The van der Waals surface area contributed by atoms with Crippen molar-refractivity contribution in [1.29, 1.82) is 0 Å². The van der Waals surface area contributed by atoms with E-state index in [1.54, 1.807) is 11.1 Å². The standard InChI is InChI=1S/C14H21N/c1-2-9-15-11-12-7-8-13-5-3-4-6-14(13)10-12/h3-6,12,15H,2,7-11H2,1H3. The number of aryl methyl sites for hydroxylation is 1. The molecule has 1 unspecified atom stereocenters. The Labute approximate surface area is 92.9 Å². The van der Waals surface area contributed by atoms with Crippen molar-refractivity contribution < 1.29 is 0 Å². The summed E-state index contributed by atoms with van der Waals surface area (Å²) in [4.78, 5) is 0. The van der Waals surface area contributed by atoms with Crippen molar-refractivity contribution in [2.24, 2.45) is 5.92 Å². The summed E-state index contributed by atoms with van der Waals surface area (Å²) < 4.78 is 0. The highest BCUT2D eigenvalue weighted by atomic mass is 14.8. The van der Waals surface area contributed by atoms with Crippen LogP contribution in [0.3, 0.4) is 0 Å². The molecule has 0 saturated heterocycles. The first kappa shape index (κ1) is 10.7. The molecule has 2 rings (SSSR count). The number of benzene rings is 1. The van der Waals surface area contributed by atoms with Crippen LogP contribution in [-0.2, 0) is 12.8 Å². The number of hydrogen-bond donors (Lipinski definition) is 1. The van der Waals surface area contributed by atoms with E-state index in [1.165, 1.54) is 32.2 Å². The fourth-order valence-electron chi connectivity index (χ4n) is 2.43. The smallest absolute Gasteiger partial charge is 0.00172 e. The highest BCUT2D eigenvalue weighted by Crippen LogP contribution is 2.24. The highest BCUT2D eigenvalue weighted by molar-refractivity contribution is 5.29. The lowest BCUT2D eigenvalue weighted by Crippen LogP contribution is -2.27. The molecule has 1 aromatic carbocycles. The minimum absolute atomic E-state index is 0.853. The molecule has 1 aliphatic rings. The largest absolute Gasteiger partial charge is 0.316 e. The third-order valence-electron chi connectivity index (χ3n) is 3.31. The molecule has 0 fully saturated rings. The molecule has 0 aromatic heterocycles. The zero-order chi connectivity index (χ0) is 10.5. The molecule has 0 aliphatic heterocycles. The van der Waals surface area contributed by atoms with Gasteiger partial charge in [0.15, 0.2) is 0 Å². The molecule has 0 radical (unpaired) electrons. The van der Waals surface area contributed by atoms with E-state index in [0.717, 1.165) is 12.5 Å². The van der Waals surface area contributed by atoms with Crippen LogP contribution in [0.25, 0.3) is 0 Å². The third kappa shape index (κ3) is 2.82. The first-order valence-corrected chi connectivity index (χ1v) is 6.17. The van der Waals surface area contributed by atoms with Crippen LogP contribution < -0.4 is 5.32 Å². The summed E-state index contributed by atoms with van der Waals surface area (Å²) in [5, 5.41) is 3.54. The van der Waals surface area contributed by atoms with Crippen LogP contribution in [0.2, 0.25) is 0 Å². The van der Waals surface area contributed by atoms with Crippen LogP contribution in [-0.4, -0.2) is 13.1 Å². The molecule has 1 atom stereocenters. The van der Waals surface area contributed by atoms with E-state index in [0.29, 0.717) is 0 Å². The molecule has 1 aromatic rings. The maximum Gasteiger partial charge on any atom is -0.00172 e. The van der Waals surface area contributed by atoms with Crippen molar-refractivity contribution >= 4 is 0 Å². The summed E-state index contributed by atoms with van der Waals surface area (Å²) in [5.41, 5.74) is 3.15. The van der Waals surface area contributed by atoms with Crippen molar-refractivity contribution in [3.05, 3.63) is 35.4 Å². The van der Waals surface area contributed by atoms with Crippen LogP contribution in [0, 0.1) is 5.92 Å². The zero-order valence-corrected chi connectivity index (χ0v) is 9.63. The first-order valence-electron chi connectivity index (χ1n) is 6.17. The molecule has 1 aliphatic carbocycles. The van der Waals surface area contributed by atoms with E-state index in [2.05, 4.69) is 36.5 Å². The average molecular weight is 203 g/mol. The predicted molar refractivity (Wildman–Crippen MR) is 65.1 cm³/mol. The van der Waals surface area contributed by atoms with Gasteiger partial charge in [0.25, 0.3) is 0 Å². The van der Waals surface area contributed by atoms with Gasteiger partial charge in [-0.05, 0) is 55.8 Å². The molecule has 0 bridgehead atoms. The van der Waals surface area contributed by atoms with Crippen LogP contribution in [0.15, 0.2) is 24.3 Å². The molecule has 0 heterocycles. The predicted octanol–water partition coefficient (Wildman–Crippen LogP) is 2.79. The normalized spacial score (nSPS) is 19.9. The number of rotatable bonds is 4. The van der Waals surface area contributed by atoms with E-state index in [-0.39, 0.29) is 0 Å². The monoisotopic (exact) mass is 203 g/mol. The Kier molecular flexibility index (Phi) is 3.79. The van der Waals surface area contributed by atoms with Crippen molar-refractivity contribution in [2.75, 3.05) is 13.1 Å². The Bertz CT molecular complexity index is 306. The SMILES string of the molecule is CCCNCC1CCc2ccccc2C1. The number of nitrogens with one attached hydrogen (secondary N) is 1. The number of hydrogen-bond acceptors (Lipinski definition) is 1. The third-order valence-corrected chi connectivity index (χ3v) is 3.31. The maximum absolute atomic E-state index is 3.54. The lowest BCUT2D eigenvalue weighted by atomic mass is 9.84. The summed E-state index contributed by atoms with van der Waals surface area (Å²) in [5.74, 6) is 0.853. The Hall–Kier alpha value is -0.820. The average Bonchev–Trinajstić information content (AvgIpc) is 2.29. The molecule has 1 heteroatoms. The van der Waals surface area contributed by atoms with E-state index in [4.69, 9.17) is 0 Å². The van der Waals surface area contributed by atoms with Gasteiger partial charge in [-0.1, -0.05) is 31.2 Å². The van der Waals surface area contributed by atoms with Gasteiger partial charge in [-0.25, -0.2) is 0 Å². The Morgan fingerprint density at radius 3 is 2.87 bits per heavy atom. The van der Waals surface area contributed by atoms with Gasteiger partial charge >= 0.3 is 0 Å². The summed E-state index contributed by atoms with van der Waals surface area (Å²) in [6, 6.07) is 8.90. The molecule has 82 valence electrons. The van der Waals surface area contributed by atoms with E-state index in [1.807, 2.05) is 0 Å². The van der Waals surface area contributed by atoms with Gasteiger partial charge in [-0.15, -0.1) is 0 Å². The Morgan fingerprint density at radius 1 is 1.27 bits per heavy atom. The van der Waals surface area contributed by atoms with Gasteiger partial charge in [-0.2, -0.15) is 0 Å². The molecule has 0 spiro atoms. The highest BCUT2D eigenvalue weighted by Gasteiger charge is 2.17. The molecule has 15 heavy (non-hydrogen) atoms. The summed E-state index contributed by atoms with van der Waals surface area (Å²) in [6.07, 6.45) is 5.14. The summed E-state index contributed by atoms with van der Waals surface area (Å²) >= 11 is 0. The van der Waals surface area contributed by atoms with E-state index < -0.39 is 0 Å². The molecule has 0 saturated carbocycles. The van der Waals surface area contributed by atoms with Crippen molar-refractivity contribution in [2.45, 2.75) is 32.6 Å².